The molecule has 0 atom stereocenters. The lowest BCUT2D eigenvalue weighted by Gasteiger charge is -2.13. The number of hydrogen-bond acceptors (Lipinski definition) is 4. The highest BCUT2D eigenvalue weighted by Gasteiger charge is 2.20. The normalized spacial score (nSPS) is 16.3. The van der Waals surface area contributed by atoms with Gasteiger partial charge in [-0.3, -0.25) is 9.13 Å². The lowest BCUT2D eigenvalue weighted by atomic mass is 10.0. The molecule has 0 saturated carbocycles. The van der Waals surface area contributed by atoms with Gasteiger partial charge in [-0.05, 0) is 47.4 Å². The van der Waals surface area contributed by atoms with Crippen LogP contribution in [-0.4, -0.2) is 24.1 Å². The Hall–Kier alpha value is -6.63. The van der Waals surface area contributed by atoms with Crippen molar-refractivity contribution in [1.82, 2.24) is 24.1 Å². The van der Waals surface area contributed by atoms with E-state index in [2.05, 4.69) is 24.3 Å². The molecule has 0 aliphatic rings. The Labute approximate surface area is 318 Å². The van der Waals surface area contributed by atoms with E-state index in [0.717, 1.165) is 40.4 Å². The molecule has 0 unspecified atom stereocenters. The molecule has 0 fully saturated rings. The highest BCUT2D eigenvalue weighted by molar-refractivity contribution is 7.25. The summed E-state index contributed by atoms with van der Waals surface area (Å²) in [4.78, 5) is 14.3. The second kappa shape index (κ2) is 10.9. The number of nitrogens with zero attached hydrogens (tertiary/aromatic N) is 5. The van der Waals surface area contributed by atoms with Crippen LogP contribution in [0.25, 0.3) is 98.2 Å². The average molecular weight is 686 g/mol. The van der Waals surface area contributed by atoms with Gasteiger partial charge in [-0.1, -0.05) is 127 Å². The fourth-order valence-electron chi connectivity index (χ4n) is 6.64. The van der Waals surface area contributed by atoms with E-state index < -0.39 is 109 Å². The first-order chi connectivity index (χ1) is 31.9. The standard InChI is InChI=1S/C45H27N5S/c1-6-16-37-31(11-1)32-12-2-7-17-38(32)49(37)44-46-43(47-45(48-44)50-39-18-8-3-13-33(39)34-14-4-9-19-40(34)50)29-23-21-28(22-24-29)30-25-26-36-35-15-5-10-20-41(35)51-42(36)27-30/h1-27H/i1D,2D,3D,4D,6D,7D,8D,9D,11D,12D,13D,14D,16D,17D,18D,19D. The van der Waals surface area contributed by atoms with Crippen LogP contribution in [0.4, 0.5) is 0 Å². The minimum absolute atomic E-state index is 0.125. The number of aromatic nitrogens is 5. The van der Waals surface area contributed by atoms with Crippen LogP contribution in [0.15, 0.2) is 163 Å². The van der Waals surface area contributed by atoms with Crippen molar-refractivity contribution in [3.8, 4) is 34.4 Å². The van der Waals surface area contributed by atoms with Gasteiger partial charge < -0.3 is 0 Å². The van der Waals surface area contributed by atoms with Gasteiger partial charge in [0.1, 0.15) is 0 Å². The van der Waals surface area contributed by atoms with E-state index in [0.29, 0.717) is 5.56 Å². The van der Waals surface area contributed by atoms with Crippen molar-refractivity contribution < 1.29 is 21.9 Å². The minimum Gasteiger partial charge on any atom is -0.278 e. The van der Waals surface area contributed by atoms with Crippen LogP contribution in [0.1, 0.15) is 21.9 Å². The first-order valence-electron chi connectivity index (χ1n) is 23.7. The van der Waals surface area contributed by atoms with Crippen LogP contribution in [0, 0.1) is 0 Å². The van der Waals surface area contributed by atoms with Crippen LogP contribution >= 0.6 is 11.3 Å². The molecule has 6 heteroatoms. The van der Waals surface area contributed by atoms with Gasteiger partial charge in [-0.2, -0.15) is 15.0 Å². The molecule has 0 aliphatic heterocycles. The molecule has 0 bridgehead atoms. The van der Waals surface area contributed by atoms with Gasteiger partial charge in [0, 0.05) is 47.3 Å². The summed E-state index contributed by atoms with van der Waals surface area (Å²) in [6.07, 6.45) is 0. The van der Waals surface area contributed by atoms with Gasteiger partial charge >= 0.3 is 0 Å². The summed E-state index contributed by atoms with van der Waals surface area (Å²) in [6.45, 7) is 0. The molecular weight excluding hydrogens is 643 g/mol. The van der Waals surface area contributed by atoms with Crippen molar-refractivity contribution in [3.63, 3.8) is 0 Å². The van der Waals surface area contributed by atoms with Crippen LogP contribution < -0.4 is 0 Å². The summed E-state index contributed by atoms with van der Waals surface area (Å²) in [5, 5.41) is 1.25. The van der Waals surface area contributed by atoms with Crippen molar-refractivity contribution in [2.45, 2.75) is 0 Å². The predicted molar refractivity (Wildman–Crippen MR) is 212 cm³/mol. The molecule has 11 rings (SSSR count). The zero-order chi connectivity index (χ0) is 47.4. The Kier molecular flexibility index (Phi) is 3.61. The maximum atomic E-state index is 9.13. The Morgan fingerprint density at radius 1 is 0.412 bits per heavy atom. The van der Waals surface area contributed by atoms with E-state index in [1.165, 1.54) is 0 Å². The SMILES string of the molecule is [2H]c1c([2H])c([2H])c2c(c1[2H])c1c([2H])c([2H])c([2H])c([2H])c1n2-c1nc(-c2ccc(-c3ccc4c(c3)sc3ccccc34)cc2)nc(-n2c3c([2H])c([2H])c([2H])c([2H])c3c3c([2H])c([2H])c([2H])c([2H])c32)n1. The molecule has 4 aromatic heterocycles. The van der Waals surface area contributed by atoms with Gasteiger partial charge in [0.25, 0.3) is 0 Å². The summed E-state index contributed by atoms with van der Waals surface area (Å²) in [5.74, 6) is -1.03. The van der Waals surface area contributed by atoms with Crippen molar-refractivity contribution in [3.05, 3.63) is 163 Å². The zero-order valence-electron chi connectivity index (χ0n) is 42.0. The van der Waals surface area contributed by atoms with Gasteiger partial charge in [0.2, 0.25) is 11.9 Å². The fraction of sp³-hybridized carbons (Fsp3) is 0. The summed E-state index contributed by atoms with van der Waals surface area (Å²) in [7, 11) is 0. The Balaban J connectivity index is 1.26. The number of fused-ring (bicyclic) bond motifs is 9. The molecular formula is C45H27N5S. The largest absolute Gasteiger partial charge is 0.278 e. The third kappa shape index (κ3) is 4.30. The van der Waals surface area contributed by atoms with E-state index in [-0.39, 0.29) is 49.4 Å². The van der Waals surface area contributed by atoms with E-state index in [4.69, 9.17) is 36.9 Å². The molecule has 0 aliphatic carbocycles. The third-order valence-electron chi connectivity index (χ3n) is 8.93. The zero-order valence-corrected chi connectivity index (χ0v) is 26.8. The number of rotatable bonds is 4. The molecule has 5 nitrogen and oxygen atoms in total. The second-order valence-electron chi connectivity index (χ2n) is 11.7. The predicted octanol–water partition coefficient (Wildman–Crippen LogP) is 11.8. The molecule has 4 heterocycles. The molecule has 7 aromatic carbocycles. The van der Waals surface area contributed by atoms with Crippen molar-refractivity contribution in [2.24, 2.45) is 0 Å². The summed E-state index contributed by atoms with van der Waals surface area (Å²) >= 11 is 1.67. The van der Waals surface area contributed by atoms with Gasteiger partial charge in [0.05, 0.1) is 44.0 Å². The smallest absolute Gasteiger partial charge is 0.240 e. The Morgan fingerprint density at radius 2 is 0.863 bits per heavy atom. The molecule has 0 N–H and O–H groups in total. The molecule has 0 amide bonds. The van der Waals surface area contributed by atoms with E-state index >= 15 is 0 Å². The molecule has 0 radical (unpaired) electrons. The van der Waals surface area contributed by atoms with E-state index in [1.807, 2.05) is 30.3 Å². The number of thiophene rings is 1. The monoisotopic (exact) mass is 685 g/mol. The topological polar surface area (TPSA) is 48.5 Å². The van der Waals surface area contributed by atoms with Crippen molar-refractivity contribution >= 4 is 75.1 Å². The maximum Gasteiger partial charge on any atom is 0.240 e. The molecule has 51 heavy (non-hydrogen) atoms. The van der Waals surface area contributed by atoms with Gasteiger partial charge in [-0.25, -0.2) is 0 Å². The molecule has 238 valence electrons. The lowest BCUT2D eigenvalue weighted by molar-refractivity contribution is 0.893. The molecule has 11 aromatic rings. The van der Waals surface area contributed by atoms with Crippen LogP contribution in [0.5, 0.6) is 0 Å². The number of benzene rings is 7. The number of hydrogen-bond donors (Lipinski definition) is 0. The first-order valence-corrected chi connectivity index (χ1v) is 16.5. The minimum atomic E-state index is -0.690. The highest BCUT2D eigenvalue weighted by Crippen LogP contribution is 2.37. The lowest BCUT2D eigenvalue weighted by Crippen LogP contribution is -2.10. The van der Waals surface area contributed by atoms with Crippen molar-refractivity contribution in [2.75, 3.05) is 0 Å². The van der Waals surface area contributed by atoms with E-state index in [1.54, 1.807) is 23.5 Å². The van der Waals surface area contributed by atoms with Gasteiger partial charge in [-0.15, -0.1) is 11.3 Å². The quantitative estimate of drug-likeness (QED) is 0.185. The van der Waals surface area contributed by atoms with E-state index in [9.17, 15) is 0 Å². The Morgan fingerprint density at radius 3 is 1.41 bits per heavy atom. The van der Waals surface area contributed by atoms with Crippen LogP contribution in [0.3, 0.4) is 0 Å². The molecule has 0 spiro atoms. The summed E-state index contributed by atoms with van der Waals surface area (Å²) in [6, 6.07) is 11.0. The first kappa shape index (κ1) is 16.9. The second-order valence-corrected chi connectivity index (χ2v) is 12.8. The average Bonchev–Trinajstić information content (AvgIpc) is 4.02. The summed E-state index contributed by atoms with van der Waals surface area (Å²) in [5.41, 5.74) is 0.823. The number of para-hydroxylation sites is 4. The van der Waals surface area contributed by atoms with Crippen LogP contribution in [0.2, 0.25) is 0 Å². The van der Waals surface area contributed by atoms with Gasteiger partial charge in [0.15, 0.2) is 5.82 Å². The Bertz CT molecular complexity index is 3730. The van der Waals surface area contributed by atoms with Crippen LogP contribution in [-0.2, 0) is 0 Å². The highest BCUT2D eigenvalue weighted by atomic mass is 32.1. The summed E-state index contributed by atoms with van der Waals surface area (Å²) < 4.78 is 145. The van der Waals surface area contributed by atoms with Crippen molar-refractivity contribution in [1.29, 1.82) is 0 Å². The molecule has 0 saturated heterocycles. The maximum absolute atomic E-state index is 9.13. The fourth-order valence-corrected chi connectivity index (χ4v) is 7.79. The third-order valence-corrected chi connectivity index (χ3v) is 10.1.